The van der Waals surface area contributed by atoms with Gasteiger partial charge < -0.3 is 25.6 Å². The maximum absolute atomic E-state index is 12.7. The van der Waals surface area contributed by atoms with Crippen LogP contribution in [0.5, 0.6) is 11.5 Å². The molecular formula is C24H38N2O6. The minimum Gasteiger partial charge on any atom is -0.504 e. The number of rotatable bonds is 13. The molecule has 0 aliphatic rings. The summed E-state index contributed by atoms with van der Waals surface area (Å²) in [4.78, 5) is 37.3. The van der Waals surface area contributed by atoms with Gasteiger partial charge in [0, 0.05) is 13.0 Å². The lowest BCUT2D eigenvalue weighted by Crippen LogP contribution is -2.48. The minimum atomic E-state index is -1.03. The molecule has 0 unspecified atom stereocenters. The lowest BCUT2D eigenvalue weighted by molar-refractivity contribution is -0.156. The standard InChI is InChI=1S/C24H38N2O6/c1-5-6-7-8-9-10-21(29)26-18(16-22(30)32-24(2,3)4)23(31)25-14-13-17-11-12-19(27)20(28)15-17/h11-12,15,18,27-28H,5-10,13-14,16H2,1-4H3,(H,25,31)(H,26,29)/t18-/m1/s1. The maximum Gasteiger partial charge on any atom is 0.308 e. The Morgan fingerprint density at radius 1 is 1.03 bits per heavy atom. The molecule has 8 heteroatoms. The van der Waals surface area contributed by atoms with Gasteiger partial charge in [0.2, 0.25) is 11.8 Å². The van der Waals surface area contributed by atoms with Crippen LogP contribution >= 0.6 is 0 Å². The number of nitrogens with one attached hydrogen (secondary N) is 2. The monoisotopic (exact) mass is 450 g/mol. The number of aromatic hydroxyl groups is 2. The molecule has 0 fully saturated rings. The average Bonchev–Trinajstić information content (AvgIpc) is 2.68. The quantitative estimate of drug-likeness (QED) is 0.208. The second kappa shape index (κ2) is 13.6. The zero-order valence-corrected chi connectivity index (χ0v) is 19.7. The molecule has 2 amide bonds. The summed E-state index contributed by atoms with van der Waals surface area (Å²) >= 11 is 0. The van der Waals surface area contributed by atoms with Gasteiger partial charge in [-0.3, -0.25) is 14.4 Å². The van der Waals surface area contributed by atoms with Crippen LogP contribution in [0.3, 0.4) is 0 Å². The van der Waals surface area contributed by atoms with Gasteiger partial charge in [0.15, 0.2) is 11.5 Å². The van der Waals surface area contributed by atoms with E-state index >= 15 is 0 Å². The van der Waals surface area contributed by atoms with Crippen LogP contribution in [-0.2, 0) is 25.5 Å². The van der Waals surface area contributed by atoms with Gasteiger partial charge in [-0.2, -0.15) is 0 Å². The summed E-state index contributed by atoms with van der Waals surface area (Å²) in [7, 11) is 0. The van der Waals surface area contributed by atoms with Crippen molar-refractivity contribution < 1.29 is 29.3 Å². The largest absolute Gasteiger partial charge is 0.504 e. The van der Waals surface area contributed by atoms with Crippen molar-refractivity contribution in [3.8, 4) is 11.5 Å². The molecule has 1 rings (SSSR count). The third-order valence-corrected chi connectivity index (χ3v) is 4.70. The van der Waals surface area contributed by atoms with Crippen LogP contribution in [0.25, 0.3) is 0 Å². The Labute approximate surface area is 190 Å². The number of unbranched alkanes of at least 4 members (excludes halogenated alkanes) is 4. The molecule has 1 aromatic carbocycles. The zero-order valence-electron chi connectivity index (χ0n) is 19.7. The van der Waals surface area contributed by atoms with Crippen LogP contribution in [0.4, 0.5) is 0 Å². The van der Waals surface area contributed by atoms with E-state index in [-0.39, 0.29) is 30.4 Å². The van der Waals surface area contributed by atoms with Gasteiger partial charge in [0.1, 0.15) is 11.6 Å². The lowest BCUT2D eigenvalue weighted by Gasteiger charge is -2.22. The van der Waals surface area contributed by atoms with Crippen LogP contribution in [0, 0.1) is 0 Å². The normalized spacial score (nSPS) is 12.1. The molecule has 1 atom stereocenters. The van der Waals surface area contributed by atoms with Crippen LogP contribution in [-0.4, -0.2) is 46.2 Å². The van der Waals surface area contributed by atoms with Gasteiger partial charge in [0.25, 0.3) is 0 Å². The molecular weight excluding hydrogens is 412 g/mol. The Kier molecular flexibility index (Phi) is 11.6. The predicted octanol–water partition coefficient (Wildman–Crippen LogP) is 3.33. The molecule has 0 bridgehead atoms. The molecule has 0 radical (unpaired) electrons. The molecule has 0 saturated carbocycles. The minimum absolute atomic E-state index is 0.215. The van der Waals surface area contributed by atoms with Crippen molar-refractivity contribution in [1.82, 2.24) is 10.6 Å². The van der Waals surface area contributed by atoms with Gasteiger partial charge in [-0.25, -0.2) is 0 Å². The second-order valence-corrected chi connectivity index (χ2v) is 8.94. The van der Waals surface area contributed by atoms with E-state index in [1.165, 1.54) is 12.1 Å². The van der Waals surface area contributed by atoms with Crippen molar-refractivity contribution in [2.45, 2.75) is 90.7 Å². The molecule has 8 nitrogen and oxygen atoms in total. The van der Waals surface area contributed by atoms with E-state index in [9.17, 15) is 24.6 Å². The molecule has 4 N–H and O–H groups in total. The predicted molar refractivity (Wildman–Crippen MR) is 122 cm³/mol. The number of benzene rings is 1. The summed E-state index contributed by atoms with van der Waals surface area (Å²) in [5, 5.41) is 24.3. The lowest BCUT2D eigenvalue weighted by atomic mass is 10.1. The molecule has 1 aromatic rings. The Morgan fingerprint density at radius 3 is 2.34 bits per heavy atom. The fourth-order valence-electron chi connectivity index (χ4n) is 3.09. The van der Waals surface area contributed by atoms with Gasteiger partial charge in [-0.15, -0.1) is 0 Å². The van der Waals surface area contributed by atoms with E-state index in [1.54, 1.807) is 26.8 Å². The first kappa shape index (κ1) is 27.3. The van der Waals surface area contributed by atoms with E-state index in [2.05, 4.69) is 17.6 Å². The van der Waals surface area contributed by atoms with Gasteiger partial charge in [-0.1, -0.05) is 38.7 Å². The van der Waals surface area contributed by atoms with Crippen molar-refractivity contribution >= 4 is 17.8 Å². The summed E-state index contributed by atoms with van der Waals surface area (Å²) < 4.78 is 5.30. The summed E-state index contributed by atoms with van der Waals surface area (Å²) in [5.41, 5.74) is 0.0304. The Hall–Kier alpha value is -2.77. The number of phenolic OH excluding ortho intramolecular Hbond substituents is 2. The van der Waals surface area contributed by atoms with Gasteiger partial charge in [0.05, 0.1) is 6.42 Å². The highest BCUT2D eigenvalue weighted by Crippen LogP contribution is 2.24. The highest BCUT2D eigenvalue weighted by Gasteiger charge is 2.26. The first-order chi connectivity index (χ1) is 15.0. The van der Waals surface area contributed by atoms with Crippen molar-refractivity contribution in [2.75, 3.05) is 6.54 Å². The fraction of sp³-hybridized carbons (Fsp3) is 0.625. The number of phenols is 2. The molecule has 0 aliphatic carbocycles. The molecule has 0 saturated heterocycles. The van der Waals surface area contributed by atoms with Crippen LogP contribution in [0.1, 0.15) is 78.2 Å². The summed E-state index contributed by atoms with van der Waals surface area (Å²) in [5.74, 6) is -1.76. The third kappa shape index (κ3) is 11.6. The topological polar surface area (TPSA) is 125 Å². The van der Waals surface area contributed by atoms with Crippen LogP contribution in [0.2, 0.25) is 0 Å². The number of amides is 2. The number of ether oxygens (including phenoxy) is 1. The molecule has 0 aliphatic heterocycles. The molecule has 0 heterocycles. The molecule has 32 heavy (non-hydrogen) atoms. The van der Waals surface area contributed by atoms with E-state index in [0.717, 1.165) is 37.7 Å². The Bertz CT molecular complexity index is 757. The van der Waals surface area contributed by atoms with Gasteiger partial charge >= 0.3 is 5.97 Å². The Balaban J connectivity index is 2.64. The molecule has 0 spiro atoms. The van der Waals surface area contributed by atoms with Crippen LogP contribution in [0.15, 0.2) is 18.2 Å². The molecule has 0 aromatic heterocycles. The first-order valence-corrected chi connectivity index (χ1v) is 11.3. The highest BCUT2D eigenvalue weighted by molar-refractivity contribution is 5.91. The third-order valence-electron chi connectivity index (χ3n) is 4.70. The van der Waals surface area contributed by atoms with Crippen molar-refractivity contribution in [3.05, 3.63) is 23.8 Å². The number of hydrogen-bond donors (Lipinski definition) is 4. The SMILES string of the molecule is CCCCCCCC(=O)N[C@H](CC(=O)OC(C)(C)C)C(=O)NCCc1ccc(O)c(O)c1. The van der Waals surface area contributed by atoms with Crippen molar-refractivity contribution in [1.29, 1.82) is 0 Å². The van der Waals surface area contributed by atoms with E-state index in [0.29, 0.717) is 12.8 Å². The number of hydrogen-bond acceptors (Lipinski definition) is 6. The number of carbonyl (C=O) groups is 3. The summed E-state index contributed by atoms with van der Waals surface area (Å²) in [6.45, 7) is 7.57. The van der Waals surface area contributed by atoms with E-state index in [1.807, 2.05) is 0 Å². The number of esters is 1. The Morgan fingerprint density at radius 2 is 1.72 bits per heavy atom. The number of carbonyl (C=O) groups excluding carboxylic acids is 3. The van der Waals surface area contributed by atoms with Crippen LogP contribution < -0.4 is 10.6 Å². The summed E-state index contributed by atoms with van der Waals surface area (Å²) in [6, 6.07) is 3.40. The van der Waals surface area contributed by atoms with Crippen molar-refractivity contribution in [2.24, 2.45) is 0 Å². The average molecular weight is 451 g/mol. The first-order valence-electron chi connectivity index (χ1n) is 11.3. The molecule has 180 valence electrons. The van der Waals surface area contributed by atoms with E-state index < -0.39 is 23.5 Å². The smallest absolute Gasteiger partial charge is 0.308 e. The summed E-state index contributed by atoms with van der Waals surface area (Å²) in [6.07, 6.45) is 5.45. The van der Waals surface area contributed by atoms with Gasteiger partial charge in [-0.05, 0) is 51.3 Å². The second-order valence-electron chi connectivity index (χ2n) is 8.94. The highest BCUT2D eigenvalue weighted by atomic mass is 16.6. The maximum atomic E-state index is 12.7. The zero-order chi connectivity index (χ0) is 24.1. The fourth-order valence-corrected chi connectivity index (χ4v) is 3.09. The van der Waals surface area contributed by atoms with Crippen molar-refractivity contribution in [3.63, 3.8) is 0 Å². The van der Waals surface area contributed by atoms with E-state index in [4.69, 9.17) is 4.74 Å².